The van der Waals surface area contributed by atoms with E-state index in [1.165, 1.54) is 13.5 Å². The molecule has 16 heavy (non-hydrogen) atoms. The Kier molecular flexibility index (Phi) is 3.44. The molecule has 2 rings (SSSR count). The Bertz CT molecular complexity index is 372. The molecular weight excluding hydrogens is 205 g/mol. The lowest BCUT2D eigenvalue weighted by molar-refractivity contribution is 0.382. The summed E-state index contributed by atoms with van der Waals surface area (Å²) in [7, 11) is 1.51. The maximum Gasteiger partial charge on any atom is 0.168 e. The second-order valence-corrected chi connectivity index (χ2v) is 4.44. The van der Waals surface area contributed by atoms with Crippen LogP contribution in [0.15, 0.2) is 12.1 Å². The van der Waals surface area contributed by atoms with Crippen molar-refractivity contribution in [3.63, 3.8) is 0 Å². The van der Waals surface area contributed by atoms with E-state index in [1.807, 2.05) is 13.0 Å². The maximum absolute atomic E-state index is 14.0. The normalized spacial score (nSPS) is 20.1. The molecule has 1 aromatic rings. The van der Waals surface area contributed by atoms with Crippen molar-refractivity contribution in [2.45, 2.75) is 32.2 Å². The molecule has 0 aromatic heterocycles. The van der Waals surface area contributed by atoms with E-state index >= 15 is 0 Å². The third kappa shape index (κ3) is 2.35. The van der Waals surface area contributed by atoms with Crippen LogP contribution in [-0.2, 0) is 6.42 Å². The van der Waals surface area contributed by atoms with Crippen LogP contribution in [0.25, 0.3) is 0 Å². The van der Waals surface area contributed by atoms with Crippen LogP contribution in [0, 0.1) is 12.7 Å². The molecule has 0 amide bonds. The van der Waals surface area contributed by atoms with Crippen LogP contribution < -0.4 is 10.1 Å². The van der Waals surface area contributed by atoms with E-state index in [2.05, 4.69) is 5.32 Å². The van der Waals surface area contributed by atoms with Gasteiger partial charge in [0.05, 0.1) is 7.11 Å². The number of hydrogen-bond acceptors (Lipinski definition) is 2. The molecule has 88 valence electrons. The molecule has 3 heteroatoms. The fourth-order valence-corrected chi connectivity index (χ4v) is 2.30. The first-order chi connectivity index (χ1) is 7.70. The Morgan fingerprint density at radius 3 is 2.94 bits per heavy atom. The highest BCUT2D eigenvalue weighted by atomic mass is 19.1. The summed E-state index contributed by atoms with van der Waals surface area (Å²) in [5.74, 6) is 0.148. The number of halogens is 1. The molecule has 1 unspecified atom stereocenters. The van der Waals surface area contributed by atoms with E-state index < -0.39 is 0 Å². The molecule has 1 atom stereocenters. The van der Waals surface area contributed by atoms with Crippen LogP contribution in [0.2, 0.25) is 0 Å². The van der Waals surface area contributed by atoms with Crippen molar-refractivity contribution in [2.75, 3.05) is 13.7 Å². The molecule has 0 radical (unpaired) electrons. The van der Waals surface area contributed by atoms with Crippen molar-refractivity contribution in [2.24, 2.45) is 0 Å². The third-order valence-electron chi connectivity index (χ3n) is 3.11. The topological polar surface area (TPSA) is 21.3 Å². The van der Waals surface area contributed by atoms with Gasteiger partial charge in [0, 0.05) is 6.04 Å². The number of ether oxygens (including phenoxy) is 1. The highest BCUT2D eigenvalue weighted by molar-refractivity contribution is 5.36. The summed E-state index contributed by atoms with van der Waals surface area (Å²) in [4.78, 5) is 0. The third-order valence-corrected chi connectivity index (χ3v) is 3.11. The van der Waals surface area contributed by atoms with Gasteiger partial charge in [-0.2, -0.15) is 0 Å². The van der Waals surface area contributed by atoms with Gasteiger partial charge in [0.1, 0.15) is 0 Å². The summed E-state index contributed by atoms with van der Waals surface area (Å²) >= 11 is 0. The first-order valence-corrected chi connectivity index (χ1v) is 5.77. The molecule has 0 spiro atoms. The van der Waals surface area contributed by atoms with Crippen LogP contribution in [0.4, 0.5) is 4.39 Å². The van der Waals surface area contributed by atoms with Gasteiger partial charge >= 0.3 is 0 Å². The molecule has 1 N–H and O–H groups in total. The molecule has 1 aromatic carbocycles. The van der Waals surface area contributed by atoms with Crippen LogP contribution in [0.1, 0.15) is 24.0 Å². The molecule has 1 fully saturated rings. The monoisotopic (exact) mass is 223 g/mol. The van der Waals surface area contributed by atoms with Crippen molar-refractivity contribution in [1.29, 1.82) is 0 Å². The number of nitrogens with one attached hydrogen (secondary N) is 1. The van der Waals surface area contributed by atoms with Gasteiger partial charge in [-0.1, -0.05) is 6.07 Å². The molecule has 0 bridgehead atoms. The molecule has 1 saturated heterocycles. The summed E-state index contributed by atoms with van der Waals surface area (Å²) in [5, 5.41) is 3.38. The molecule has 1 aliphatic rings. The van der Waals surface area contributed by atoms with E-state index in [4.69, 9.17) is 4.74 Å². The Morgan fingerprint density at radius 2 is 2.31 bits per heavy atom. The Labute approximate surface area is 95.8 Å². The summed E-state index contributed by atoms with van der Waals surface area (Å²) in [6.45, 7) is 3.02. The lowest BCUT2D eigenvalue weighted by Gasteiger charge is -2.13. The highest BCUT2D eigenvalue weighted by Crippen LogP contribution is 2.24. The predicted molar refractivity (Wildman–Crippen MR) is 62.4 cm³/mol. The van der Waals surface area contributed by atoms with Gasteiger partial charge in [-0.05, 0) is 49.9 Å². The summed E-state index contributed by atoms with van der Waals surface area (Å²) in [6.07, 6.45) is 3.08. The Hall–Kier alpha value is -1.09. The fraction of sp³-hybridized carbons (Fsp3) is 0.538. The summed E-state index contributed by atoms with van der Waals surface area (Å²) in [6, 6.07) is 4.07. The van der Waals surface area contributed by atoms with Crippen LogP contribution in [0.3, 0.4) is 0 Å². The molecular formula is C13H18FNO. The standard InChI is InChI=1S/C13H18FNO/c1-9-6-10(8-11-4-3-5-15-11)13(14)12(7-9)16-2/h6-7,11,15H,3-5,8H2,1-2H3. The van der Waals surface area contributed by atoms with Crippen molar-refractivity contribution < 1.29 is 9.13 Å². The molecule has 1 aliphatic heterocycles. The number of methoxy groups -OCH3 is 1. The average Bonchev–Trinajstić information content (AvgIpc) is 2.75. The number of aryl methyl sites for hydroxylation is 1. The zero-order valence-electron chi connectivity index (χ0n) is 9.85. The van der Waals surface area contributed by atoms with Gasteiger partial charge in [-0.3, -0.25) is 0 Å². The molecule has 2 nitrogen and oxygen atoms in total. The average molecular weight is 223 g/mol. The first kappa shape index (κ1) is 11.4. The zero-order valence-corrected chi connectivity index (χ0v) is 9.85. The quantitative estimate of drug-likeness (QED) is 0.849. The second-order valence-electron chi connectivity index (χ2n) is 4.44. The van der Waals surface area contributed by atoms with Gasteiger partial charge in [0.25, 0.3) is 0 Å². The van der Waals surface area contributed by atoms with Crippen LogP contribution in [-0.4, -0.2) is 19.7 Å². The number of benzene rings is 1. The van der Waals surface area contributed by atoms with Gasteiger partial charge in [-0.15, -0.1) is 0 Å². The molecule has 0 aliphatic carbocycles. The molecule has 1 heterocycles. The summed E-state index contributed by atoms with van der Waals surface area (Å²) < 4.78 is 19.0. The molecule has 0 saturated carbocycles. The SMILES string of the molecule is COc1cc(C)cc(CC2CCCN2)c1F. The lowest BCUT2D eigenvalue weighted by Crippen LogP contribution is -2.24. The van der Waals surface area contributed by atoms with Crippen molar-refractivity contribution in [3.05, 3.63) is 29.1 Å². The smallest absolute Gasteiger partial charge is 0.168 e. The summed E-state index contributed by atoms with van der Waals surface area (Å²) in [5.41, 5.74) is 1.81. The number of hydrogen-bond donors (Lipinski definition) is 1. The van der Waals surface area contributed by atoms with E-state index in [0.29, 0.717) is 11.8 Å². The number of rotatable bonds is 3. The maximum atomic E-state index is 14.0. The predicted octanol–water partition coefficient (Wildman–Crippen LogP) is 2.44. The largest absolute Gasteiger partial charge is 0.494 e. The highest BCUT2D eigenvalue weighted by Gasteiger charge is 2.18. The Morgan fingerprint density at radius 1 is 1.50 bits per heavy atom. The van der Waals surface area contributed by atoms with E-state index in [0.717, 1.165) is 30.5 Å². The van der Waals surface area contributed by atoms with Crippen molar-refractivity contribution in [1.82, 2.24) is 5.32 Å². The second kappa shape index (κ2) is 4.83. The lowest BCUT2D eigenvalue weighted by atomic mass is 10.0. The van der Waals surface area contributed by atoms with Crippen LogP contribution in [0.5, 0.6) is 5.75 Å². The van der Waals surface area contributed by atoms with E-state index in [1.54, 1.807) is 6.07 Å². The van der Waals surface area contributed by atoms with Gasteiger partial charge in [-0.25, -0.2) is 4.39 Å². The van der Waals surface area contributed by atoms with E-state index in [-0.39, 0.29) is 5.82 Å². The van der Waals surface area contributed by atoms with E-state index in [9.17, 15) is 4.39 Å². The first-order valence-electron chi connectivity index (χ1n) is 5.77. The van der Waals surface area contributed by atoms with Gasteiger partial charge < -0.3 is 10.1 Å². The fourth-order valence-electron chi connectivity index (χ4n) is 2.30. The minimum absolute atomic E-state index is 0.207. The minimum atomic E-state index is -0.207. The minimum Gasteiger partial charge on any atom is -0.494 e. The van der Waals surface area contributed by atoms with Crippen molar-refractivity contribution >= 4 is 0 Å². The van der Waals surface area contributed by atoms with Gasteiger partial charge in [0.15, 0.2) is 11.6 Å². The zero-order chi connectivity index (χ0) is 11.5. The van der Waals surface area contributed by atoms with Crippen molar-refractivity contribution in [3.8, 4) is 5.75 Å². The van der Waals surface area contributed by atoms with Gasteiger partial charge in [0.2, 0.25) is 0 Å². The van der Waals surface area contributed by atoms with Crippen LogP contribution >= 0.6 is 0 Å². The Balaban J connectivity index is 2.21.